The van der Waals surface area contributed by atoms with E-state index in [1.807, 2.05) is 37.8 Å². The van der Waals surface area contributed by atoms with E-state index in [9.17, 15) is 14.0 Å². The van der Waals surface area contributed by atoms with Gasteiger partial charge in [0.05, 0.1) is 37.0 Å². The van der Waals surface area contributed by atoms with Gasteiger partial charge in [-0.15, -0.1) is 0 Å². The average Bonchev–Trinajstić information content (AvgIpc) is 3.57. The van der Waals surface area contributed by atoms with Crippen LogP contribution in [-0.2, 0) is 4.74 Å². The number of benzene rings is 2. The summed E-state index contributed by atoms with van der Waals surface area (Å²) in [5.74, 6) is -0.214. The van der Waals surface area contributed by atoms with Gasteiger partial charge in [0.2, 0.25) is 0 Å². The minimum absolute atomic E-state index is 0.0606. The maximum atomic E-state index is 14.0. The zero-order valence-electron chi connectivity index (χ0n) is 25.4. The third kappa shape index (κ3) is 6.02. The molecule has 0 radical (unpaired) electrons. The fraction of sp³-hybridized carbons (Fsp3) is 0.469. The van der Waals surface area contributed by atoms with Gasteiger partial charge in [0.1, 0.15) is 22.1 Å². The predicted molar refractivity (Wildman–Crippen MR) is 164 cm³/mol. The van der Waals surface area contributed by atoms with Gasteiger partial charge in [-0.3, -0.25) is 4.79 Å². The van der Waals surface area contributed by atoms with Gasteiger partial charge in [0.25, 0.3) is 5.91 Å². The second-order valence-electron chi connectivity index (χ2n) is 12.2. The summed E-state index contributed by atoms with van der Waals surface area (Å²) in [6, 6.07) is 9.44. The van der Waals surface area contributed by atoms with Crippen molar-refractivity contribution in [2.75, 3.05) is 38.8 Å². The largest absolute Gasteiger partial charge is 0.497 e. The molecule has 1 spiro atoms. The summed E-state index contributed by atoms with van der Waals surface area (Å²) in [4.78, 5) is 35.8. The first-order chi connectivity index (χ1) is 20.4. The summed E-state index contributed by atoms with van der Waals surface area (Å²) in [5, 5.41) is 3.78. The standard InChI is InChI=1S/C32H38ClFN4O5/c1-19(20-8-10-23(34)25(16-20)42-6)35-29(39)26-27(22-17-21(41-5)9-11-24(22)36-28(26)33)37-15-13-32(18-37)12-7-14-38(32)30(40)43-31(2,3)4/h8-11,16-17,19H,7,12-15,18H2,1-6H3,(H,35,39)/t19-,32?/m0/s1. The highest BCUT2D eigenvalue weighted by Gasteiger charge is 2.50. The van der Waals surface area contributed by atoms with E-state index in [1.54, 1.807) is 32.2 Å². The minimum atomic E-state index is -0.610. The van der Waals surface area contributed by atoms with Gasteiger partial charge >= 0.3 is 6.09 Å². The molecule has 2 fully saturated rings. The summed E-state index contributed by atoms with van der Waals surface area (Å²) in [6.07, 6.45) is 2.08. The van der Waals surface area contributed by atoms with Crippen molar-refractivity contribution in [3.05, 3.63) is 58.5 Å². The first-order valence-corrected chi connectivity index (χ1v) is 14.8. The molecule has 2 saturated heterocycles. The quantitative estimate of drug-likeness (QED) is 0.317. The van der Waals surface area contributed by atoms with E-state index in [0.717, 1.165) is 12.8 Å². The van der Waals surface area contributed by atoms with Crippen molar-refractivity contribution in [3.8, 4) is 11.5 Å². The lowest BCUT2D eigenvalue weighted by Gasteiger charge is -2.36. The van der Waals surface area contributed by atoms with E-state index in [1.165, 1.54) is 13.2 Å². The van der Waals surface area contributed by atoms with Gasteiger partial charge in [0.15, 0.2) is 11.6 Å². The fourth-order valence-corrected chi connectivity index (χ4v) is 6.43. The third-order valence-electron chi connectivity index (χ3n) is 8.23. The van der Waals surface area contributed by atoms with Crippen LogP contribution in [0.5, 0.6) is 11.5 Å². The van der Waals surface area contributed by atoms with Gasteiger partial charge in [-0.1, -0.05) is 17.7 Å². The predicted octanol–water partition coefficient (Wildman–Crippen LogP) is 6.52. The first-order valence-electron chi connectivity index (χ1n) is 14.4. The molecule has 1 unspecified atom stereocenters. The summed E-state index contributed by atoms with van der Waals surface area (Å²) >= 11 is 6.77. The Hall–Kier alpha value is -3.79. The lowest BCUT2D eigenvalue weighted by atomic mass is 9.95. The Morgan fingerprint density at radius 3 is 2.56 bits per heavy atom. The van der Waals surface area contributed by atoms with E-state index in [-0.39, 0.29) is 22.6 Å². The topological polar surface area (TPSA) is 93.2 Å². The third-order valence-corrected chi connectivity index (χ3v) is 8.50. The van der Waals surface area contributed by atoms with Gasteiger partial charge in [-0.25, -0.2) is 14.2 Å². The number of nitrogens with zero attached hydrogens (tertiary/aromatic N) is 3. The van der Waals surface area contributed by atoms with Gasteiger partial charge in [-0.05, 0) is 82.9 Å². The normalized spacial score (nSPS) is 19.2. The van der Waals surface area contributed by atoms with Crippen LogP contribution in [0.2, 0.25) is 5.15 Å². The monoisotopic (exact) mass is 612 g/mol. The molecule has 230 valence electrons. The molecule has 3 aromatic rings. The number of fused-ring (bicyclic) bond motifs is 1. The van der Waals surface area contributed by atoms with E-state index in [0.29, 0.717) is 54.0 Å². The van der Waals surface area contributed by atoms with Crippen LogP contribution in [0.25, 0.3) is 10.9 Å². The zero-order chi connectivity index (χ0) is 31.1. The molecule has 0 bridgehead atoms. The van der Waals surface area contributed by atoms with Crippen LogP contribution in [0.3, 0.4) is 0 Å². The van der Waals surface area contributed by atoms with Crippen molar-refractivity contribution in [1.82, 2.24) is 15.2 Å². The Morgan fingerprint density at radius 1 is 1.09 bits per heavy atom. The number of amides is 2. The molecule has 0 aliphatic carbocycles. The van der Waals surface area contributed by atoms with Gasteiger partial charge < -0.3 is 29.3 Å². The number of carbonyl (C=O) groups excluding carboxylic acids is 2. The molecule has 43 heavy (non-hydrogen) atoms. The Morgan fingerprint density at radius 2 is 1.86 bits per heavy atom. The van der Waals surface area contributed by atoms with Crippen molar-refractivity contribution in [2.24, 2.45) is 0 Å². The molecule has 5 rings (SSSR count). The highest BCUT2D eigenvalue weighted by Crippen LogP contribution is 2.44. The van der Waals surface area contributed by atoms with E-state index in [2.05, 4.69) is 15.2 Å². The number of pyridine rings is 1. The van der Waals surface area contributed by atoms with E-state index < -0.39 is 28.9 Å². The number of ether oxygens (including phenoxy) is 3. The molecule has 9 nitrogen and oxygen atoms in total. The minimum Gasteiger partial charge on any atom is -0.497 e. The summed E-state index contributed by atoms with van der Waals surface area (Å²) in [5.41, 5.74) is 1.09. The van der Waals surface area contributed by atoms with Crippen LogP contribution < -0.4 is 19.7 Å². The molecule has 3 heterocycles. The first kappa shape index (κ1) is 30.7. The number of hydrogen-bond donors (Lipinski definition) is 1. The fourth-order valence-electron chi connectivity index (χ4n) is 6.16. The summed E-state index contributed by atoms with van der Waals surface area (Å²) < 4.78 is 30.5. The highest BCUT2D eigenvalue weighted by molar-refractivity contribution is 6.34. The van der Waals surface area contributed by atoms with Gasteiger partial charge in [-0.2, -0.15) is 0 Å². The van der Waals surface area contributed by atoms with Crippen molar-refractivity contribution >= 4 is 40.2 Å². The maximum absolute atomic E-state index is 14.0. The lowest BCUT2D eigenvalue weighted by molar-refractivity contribution is 0.0111. The molecule has 2 aliphatic heterocycles. The molecule has 1 aromatic heterocycles. The number of likely N-dealkylation sites (tertiary alicyclic amines) is 1. The molecule has 2 atom stereocenters. The van der Waals surface area contributed by atoms with E-state index in [4.69, 9.17) is 25.8 Å². The second-order valence-corrected chi connectivity index (χ2v) is 12.6. The van der Waals surface area contributed by atoms with Crippen LogP contribution in [0.1, 0.15) is 68.9 Å². The molecule has 2 amide bonds. The second kappa shape index (κ2) is 11.7. The molecular formula is C32H38ClFN4O5. The number of carbonyl (C=O) groups is 2. The molecule has 1 N–H and O–H groups in total. The zero-order valence-corrected chi connectivity index (χ0v) is 26.2. The Balaban J connectivity index is 1.54. The van der Waals surface area contributed by atoms with Crippen molar-refractivity contribution in [2.45, 2.75) is 64.1 Å². The van der Waals surface area contributed by atoms with Crippen molar-refractivity contribution in [3.63, 3.8) is 0 Å². The summed E-state index contributed by atoms with van der Waals surface area (Å²) in [7, 11) is 2.97. The number of hydrogen-bond acceptors (Lipinski definition) is 7. The number of anilines is 1. The summed E-state index contributed by atoms with van der Waals surface area (Å²) in [6.45, 7) is 9.10. The van der Waals surface area contributed by atoms with E-state index >= 15 is 0 Å². The number of nitrogens with one attached hydrogen (secondary N) is 1. The van der Waals surface area contributed by atoms with Gasteiger partial charge in [0, 0.05) is 25.0 Å². The molecule has 0 saturated carbocycles. The van der Waals surface area contributed by atoms with Crippen LogP contribution in [0.4, 0.5) is 14.9 Å². The van der Waals surface area contributed by atoms with Crippen LogP contribution in [-0.4, -0.2) is 66.9 Å². The van der Waals surface area contributed by atoms with Crippen LogP contribution >= 0.6 is 11.6 Å². The number of methoxy groups -OCH3 is 2. The molecular weight excluding hydrogens is 575 g/mol. The average molecular weight is 613 g/mol. The maximum Gasteiger partial charge on any atom is 0.410 e. The number of rotatable bonds is 6. The Labute approximate surface area is 256 Å². The Bertz CT molecular complexity index is 1560. The number of aromatic nitrogens is 1. The molecule has 2 aliphatic rings. The molecule has 11 heteroatoms. The van der Waals surface area contributed by atoms with Crippen LogP contribution in [0.15, 0.2) is 36.4 Å². The van der Waals surface area contributed by atoms with Crippen molar-refractivity contribution < 1.29 is 28.2 Å². The Kier molecular flexibility index (Phi) is 8.35. The highest BCUT2D eigenvalue weighted by atomic mass is 35.5. The smallest absolute Gasteiger partial charge is 0.410 e. The number of halogens is 2. The SMILES string of the molecule is COc1ccc2nc(Cl)c(C(=O)N[C@@H](C)c3ccc(F)c(OC)c3)c(N3CCC4(CCCN4C(=O)OC(C)(C)C)C3)c2c1. The lowest BCUT2D eigenvalue weighted by Crippen LogP contribution is -2.50. The molecule has 2 aromatic carbocycles. The van der Waals surface area contributed by atoms with Crippen LogP contribution in [0, 0.1) is 5.82 Å². The van der Waals surface area contributed by atoms with Crippen molar-refractivity contribution in [1.29, 1.82) is 0 Å².